The highest BCUT2D eigenvalue weighted by molar-refractivity contribution is 5.75. The lowest BCUT2D eigenvalue weighted by molar-refractivity contribution is -0.122. The monoisotopic (exact) mass is 252 g/mol. The molecule has 0 unspecified atom stereocenters. The standard InChI is InChI=1S/C13H24N4O/c1-5-13(14,6-2)9-15-12(18)8-17-11(4)7-10(3)16-17/h7H,5-6,8-9,14H2,1-4H3,(H,15,18). The molecule has 0 saturated carbocycles. The Bertz CT molecular complexity index is 407. The van der Waals surface area contributed by atoms with Gasteiger partial charge in [0.1, 0.15) is 6.54 Å². The van der Waals surface area contributed by atoms with E-state index in [0.717, 1.165) is 24.2 Å². The SMILES string of the molecule is CCC(N)(CC)CNC(=O)Cn1nc(C)cc1C. The van der Waals surface area contributed by atoms with E-state index in [1.165, 1.54) is 0 Å². The molecule has 5 heteroatoms. The van der Waals surface area contributed by atoms with Crippen molar-refractivity contribution in [2.45, 2.75) is 52.6 Å². The van der Waals surface area contributed by atoms with Crippen LogP contribution in [0.1, 0.15) is 38.1 Å². The lowest BCUT2D eigenvalue weighted by Crippen LogP contribution is -2.49. The van der Waals surface area contributed by atoms with E-state index in [2.05, 4.69) is 10.4 Å². The van der Waals surface area contributed by atoms with Crippen molar-refractivity contribution in [2.75, 3.05) is 6.54 Å². The number of rotatable bonds is 6. The second-order valence-corrected chi connectivity index (χ2v) is 4.93. The Labute approximate surface area is 109 Å². The molecule has 18 heavy (non-hydrogen) atoms. The number of aryl methyl sites for hydroxylation is 2. The van der Waals surface area contributed by atoms with E-state index in [1.807, 2.05) is 33.8 Å². The highest BCUT2D eigenvalue weighted by Gasteiger charge is 2.21. The maximum Gasteiger partial charge on any atom is 0.241 e. The van der Waals surface area contributed by atoms with Crippen molar-refractivity contribution in [3.8, 4) is 0 Å². The third kappa shape index (κ3) is 3.84. The minimum atomic E-state index is -0.301. The quantitative estimate of drug-likeness (QED) is 0.797. The lowest BCUT2D eigenvalue weighted by Gasteiger charge is -2.26. The highest BCUT2D eigenvalue weighted by Crippen LogP contribution is 2.09. The van der Waals surface area contributed by atoms with Crippen molar-refractivity contribution in [1.29, 1.82) is 0 Å². The summed E-state index contributed by atoms with van der Waals surface area (Å²) in [5, 5.41) is 7.14. The van der Waals surface area contributed by atoms with E-state index < -0.39 is 0 Å². The minimum Gasteiger partial charge on any atom is -0.353 e. The third-order valence-corrected chi connectivity index (χ3v) is 3.44. The van der Waals surface area contributed by atoms with Crippen molar-refractivity contribution >= 4 is 5.91 Å². The van der Waals surface area contributed by atoms with Crippen LogP contribution in [-0.2, 0) is 11.3 Å². The molecule has 5 nitrogen and oxygen atoms in total. The van der Waals surface area contributed by atoms with Crippen LogP contribution in [0.2, 0.25) is 0 Å². The largest absolute Gasteiger partial charge is 0.353 e. The van der Waals surface area contributed by atoms with Crippen molar-refractivity contribution < 1.29 is 4.79 Å². The first kappa shape index (κ1) is 14.7. The van der Waals surface area contributed by atoms with Crippen LogP contribution in [0, 0.1) is 13.8 Å². The summed E-state index contributed by atoms with van der Waals surface area (Å²) in [6.45, 7) is 8.70. The molecule has 0 aliphatic heterocycles. The number of nitrogens with two attached hydrogens (primary N) is 1. The zero-order valence-corrected chi connectivity index (χ0v) is 11.8. The van der Waals surface area contributed by atoms with Gasteiger partial charge >= 0.3 is 0 Å². The summed E-state index contributed by atoms with van der Waals surface area (Å²) < 4.78 is 1.71. The van der Waals surface area contributed by atoms with Gasteiger partial charge in [-0.05, 0) is 32.8 Å². The summed E-state index contributed by atoms with van der Waals surface area (Å²) in [6.07, 6.45) is 1.70. The topological polar surface area (TPSA) is 72.9 Å². The number of nitrogens with zero attached hydrogens (tertiary/aromatic N) is 2. The summed E-state index contributed by atoms with van der Waals surface area (Å²) in [5.74, 6) is -0.0436. The fourth-order valence-electron chi connectivity index (χ4n) is 1.80. The molecule has 0 saturated heterocycles. The Morgan fingerprint density at radius 2 is 2.06 bits per heavy atom. The van der Waals surface area contributed by atoms with E-state index in [4.69, 9.17) is 5.73 Å². The van der Waals surface area contributed by atoms with Gasteiger partial charge in [-0.15, -0.1) is 0 Å². The van der Waals surface area contributed by atoms with Gasteiger partial charge in [0.15, 0.2) is 0 Å². The van der Waals surface area contributed by atoms with Gasteiger partial charge < -0.3 is 11.1 Å². The molecule has 0 aromatic carbocycles. The van der Waals surface area contributed by atoms with Gasteiger partial charge in [0.25, 0.3) is 0 Å². The fraction of sp³-hybridized carbons (Fsp3) is 0.692. The molecule has 1 amide bonds. The predicted octanol–water partition coefficient (Wildman–Crippen LogP) is 1.13. The first-order valence-electron chi connectivity index (χ1n) is 6.47. The van der Waals surface area contributed by atoms with E-state index in [9.17, 15) is 4.79 Å². The molecule has 102 valence electrons. The van der Waals surface area contributed by atoms with Crippen molar-refractivity contribution in [2.24, 2.45) is 5.73 Å². The van der Waals surface area contributed by atoms with Gasteiger partial charge in [-0.3, -0.25) is 9.48 Å². The average Bonchev–Trinajstić information content (AvgIpc) is 2.65. The zero-order valence-electron chi connectivity index (χ0n) is 11.8. The molecule has 1 rings (SSSR count). The molecule has 1 aromatic heterocycles. The normalized spacial score (nSPS) is 11.6. The number of hydrogen-bond acceptors (Lipinski definition) is 3. The maximum absolute atomic E-state index is 11.8. The Kier molecular flexibility index (Phi) is 4.90. The van der Waals surface area contributed by atoms with Gasteiger partial charge in [-0.25, -0.2) is 0 Å². The molecular formula is C13H24N4O. The van der Waals surface area contributed by atoms with Crippen LogP contribution in [0.4, 0.5) is 0 Å². The number of aromatic nitrogens is 2. The molecular weight excluding hydrogens is 228 g/mol. The van der Waals surface area contributed by atoms with Crippen LogP contribution in [0.15, 0.2) is 6.07 Å². The summed E-state index contributed by atoms with van der Waals surface area (Å²) in [4.78, 5) is 11.8. The van der Waals surface area contributed by atoms with E-state index >= 15 is 0 Å². The molecule has 3 N–H and O–H groups in total. The molecule has 0 fully saturated rings. The van der Waals surface area contributed by atoms with Crippen LogP contribution < -0.4 is 11.1 Å². The Balaban J connectivity index is 2.50. The van der Waals surface area contributed by atoms with E-state index in [1.54, 1.807) is 4.68 Å². The Morgan fingerprint density at radius 1 is 1.44 bits per heavy atom. The number of carbonyl (C=O) groups is 1. The smallest absolute Gasteiger partial charge is 0.241 e. The van der Waals surface area contributed by atoms with Crippen LogP contribution >= 0.6 is 0 Å². The van der Waals surface area contributed by atoms with Gasteiger partial charge in [-0.2, -0.15) is 5.10 Å². The van der Waals surface area contributed by atoms with E-state index in [-0.39, 0.29) is 18.0 Å². The first-order chi connectivity index (χ1) is 8.40. The molecule has 0 aliphatic rings. The van der Waals surface area contributed by atoms with Crippen LogP contribution in [0.3, 0.4) is 0 Å². The molecule has 1 aromatic rings. The van der Waals surface area contributed by atoms with Gasteiger partial charge in [0.2, 0.25) is 5.91 Å². The van der Waals surface area contributed by atoms with Crippen LogP contribution in [-0.4, -0.2) is 27.8 Å². The minimum absolute atomic E-state index is 0.0436. The predicted molar refractivity (Wildman–Crippen MR) is 72.2 cm³/mol. The first-order valence-corrected chi connectivity index (χ1v) is 6.47. The number of hydrogen-bond donors (Lipinski definition) is 2. The van der Waals surface area contributed by atoms with Crippen molar-refractivity contribution in [3.63, 3.8) is 0 Å². The van der Waals surface area contributed by atoms with E-state index in [0.29, 0.717) is 6.54 Å². The van der Waals surface area contributed by atoms with Crippen LogP contribution in [0.5, 0.6) is 0 Å². The summed E-state index contributed by atoms with van der Waals surface area (Å²) in [5.41, 5.74) is 7.75. The lowest BCUT2D eigenvalue weighted by atomic mass is 9.94. The molecule has 0 aliphatic carbocycles. The van der Waals surface area contributed by atoms with Crippen LogP contribution in [0.25, 0.3) is 0 Å². The molecule has 0 atom stereocenters. The third-order valence-electron chi connectivity index (χ3n) is 3.44. The molecule has 1 heterocycles. The molecule has 0 spiro atoms. The Hall–Kier alpha value is -1.36. The van der Waals surface area contributed by atoms with Gasteiger partial charge in [0.05, 0.1) is 5.69 Å². The maximum atomic E-state index is 11.8. The average molecular weight is 252 g/mol. The Morgan fingerprint density at radius 3 is 2.50 bits per heavy atom. The molecule has 0 bridgehead atoms. The second kappa shape index (κ2) is 6.00. The van der Waals surface area contributed by atoms with Crippen molar-refractivity contribution in [3.05, 3.63) is 17.5 Å². The number of amides is 1. The number of carbonyl (C=O) groups excluding carboxylic acids is 1. The zero-order chi connectivity index (χ0) is 13.8. The summed E-state index contributed by atoms with van der Waals surface area (Å²) in [7, 11) is 0. The summed E-state index contributed by atoms with van der Waals surface area (Å²) >= 11 is 0. The second-order valence-electron chi connectivity index (χ2n) is 4.93. The fourth-order valence-corrected chi connectivity index (χ4v) is 1.80. The summed E-state index contributed by atoms with van der Waals surface area (Å²) in [6, 6.07) is 1.96. The van der Waals surface area contributed by atoms with Crippen molar-refractivity contribution in [1.82, 2.24) is 15.1 Å². The highest BCUT2D eigenvalue weighted by atomic mass is 16.2. The number of nitrogens with one attached hydrogen (secondary N) is 1. The molecule has 0 radical (unpaired) electrons. The van der Waals surface area contributed by atoms with Gasteiger partial charge in [-0.1, -0.05) is 13.8 Å². The van der Waals surface area contributed by atoms with Gasteiger partial charge in [0, 0.05) is 17.8 Å².